The molecular weight excluding hydrogens is 288 g/mol. The number of carbonyl (C=O) groups is 1. The average molecular weight is 306 g/mol. The number of nitrogens with two attached hydrogens (primary N) is 1. The normalized spacial score (nSPS) is 10.6. The van der Waals surface area contributed by atoms with Crippen LogP contribution in [0, 0.1) is 0 Å². The lowest BCUT2D eigenvalue weighted by molar-refractivity contribution is 0.0998. The van der Waals surface area contributed by atoms with Gasteiger partial charge in [-0.2, -0.15) is 5.10 Å². The van der Waals surface area contributed by atoms with Gasteiger partial charge in [-0.3, -0.25) is 14.9 Å². The van der Waals surface area contributed by atoms with Crippen molar-refractivity contribution in [2.45, 2.75) is 19.3 Å². The number of primary amides is 1. The molecule has 23 heavy (non-hydrogen) atoms. The monoisotopic (exact) mass is 306 g/mol. The van der Waals surface area contributed by atoms with Crippen molar-refractivity contribution in [2.24, 2.45) is 5.73 Å². The van der Waals surface area contributed by atoms with Crippen molar-refractivity contribution in [3.8, 4) is 0 Å². The van der Waals surface area contributed by atoms with Gasteiger partial charge in [0.2, 0.25) is 0 Å². The molecule has 0 radical (unpaired) electrons. The number of hydrogen-bond acceptors (Lipinski definition) is 3. The lowest BCUT2D eigenvalue weighted by atomic mass is 10.0. The van der Waals surface area contributed by atoms with Crippen LogP contribution < -0.4 is 5.73 Å². The first kappa shape index (κ1) is 15.0. The van der Waals surface area contributed by atoms with Crippen LogP contribution in [0.1, 0.15) is 32.9 Å². The number of hydrogen-bond donors (Lipinski definition) is 2. The van der Waals surface area contributed by atoms with E-state index in [4.69, 9.17) is 5.73 Å². The van der Waals surface area contributed by atoms with E-state index in [2.05, 4.69) is 27.3 Å². The first-order valence-electron chi connectivity index (χ1n) is 7.53. The van der Waals surface area contributed by atoms with E-state index in [0.29, 0.717) is 18.4 Å². The van der Waals surface area contributed by atoms with Gasteiger partial charge in [-0.15, -0.1) is 0 Å². The Labute approximate surface area is 134 Å². The van der Waals surface area contributed by atoms with E-state index in [1.165, 1.54) is 5.56 Å². The number of nitrogens with one attached hydrogen (secondary N) is 1. The summed E-state index contributed by atoms with van der Waals surface area (Å²) >= 11 is 0. The minimum atomic E-state index is -0.444. The quantitative estimate of drug-likeness (QED) is 0.732. The van der Waals surface area contributed by atoms with Gasteiger partial charge in [-0.1, -0.05) is 36.4 Å². The van der Waals surface area contributed by atoms with E-state index >= 15 is 0 Å². The lowest BCUT2D eigenvalue weighted by Gasteiger charge is -2.03. The van der Waals surface area contributed by atoms with Gasteiger partial charge >= 0.3 is 0 Å². The van der Waals surface area contributed by atoms with E-state index in [0.717, 1.165) is 23.4 Å². The first-order chi connectivity index (χ1) is 11.2. The highest BCUT2D eigenvalue weighted by Crippen LogP contribution is 2.17. The third-order valence-corrected chi connectivity index (χ3v) is 3.76. The van der Waals surface area contributed by atoms with Crippen molar-refractivity contribution in [2.75, 3.05) is 0 Å². The predicted octanol–water partition coefficient (Wildman–Crippen LogP) is 2.28. The maximum atomic E-state index is 11.9. The largest absolute Gasteiger partial charge is 0.365 e. The molecule has 0 saturated carbocycles. The van der Waals surface area contributed by atoms with Crippen LogP contribution >= 0.6 is 0 Å². The minimum absolute atomic E-state index is 0.444. The van der Waals surface area contributed by atoms with Crippen molar-refractivity contribution < 1.29 is 4.79 Å². The van der Waals surface area contributed by atoms with E-state index in [1.807, 2.05) is 30.3 Å². The van der Waals surface area contributed by atoms with Gasteiger partial charge in [0.25, 0.3) is 5.91 Å². The number of aryl methyl sites for hydroxylation is 2. The van der Waals surface area contributed by atoms with E-state index in [9.17, 15) is 4.79 Å². The molecule has 0 aliphatic rings. The molecule has 0 saturated heterocycles. The SMILES string of the molecule is NC(=O)c1c(CCc2ccccc2)n[nH]c1Cc1cccnc1. The zero-order valence-electron chi connectivity index (χ0n) is 12.7. The van der Waals surface area contributed by atoms with Gasteiger partial charge in [0.1, 0.15) is 0 Å². The molecule has 3 aromatic rings. The molecule has 3 rings (SSSR count). The molecule has 5 heteroatoms. The third-order valence-electron chi connectivity index (χ3n) is 3.76. The van der Waals surface area contributed by atoms with Crippen LogP contribution in [0.2, 0.25) is 0 Å². The van der Waals surface area contributed by atoms with Crippen molar-refractivity contribution in [3.05, 3.63) is 82.9 Å². The summed E-state index contributed by atoms with van der Waals surface area (Å²) in [7, 11) is 0. The van der Waals surface area contributed by atoms with Crippen LogP contribution in [0.15, 0.2) is 54.9 Å². The molecule has 5 nitrogen and oxygen atoms in total. The molecule has 2 aromatic heterocycles. The maximum absolute atomic E-state index is 11.9. The number of aromatic amines is 1. The number of amides is 1. The molecule has 116 valence electrons. The molecule has 0 aliphatic carbocycles. The van der Waals surface area contributed by atoms with Crippen molar-refractivity contribution in [3.63, 3.8) is 0 Å². The number of benzene rings is 1. The van der Waals surface area contributed by atoms with Crippen molar-refractivity contribution >= 4 is 5.91 Å². The zero-order valence-corrected chi connectivity index (χ0v) is 12.7. The molecule has 0 fully saturated rings. The molecule has 0 aliphatic heterocycles. The fraction of sp³-hybridized carbons (Fsp3) is 0.167. The Kier molecular flexibility index (Phi) is 4.47. The molecule has 0 spiro atoms. The molecule has 0 unspecified atom stereocenters. The summed E-state index contributed by atoms with van der Waals surface area (Å²) in [6.45, 7) is 0. The number of carbonyl (C=O) groups excluding carboxylic acids is 1. The van der Waals surface area contributed by atoms with Gasteiger partial charge in [0.15, 0.2) is 0 Å². The molecule has 2 heterocycles. The summed E-state index contributed by atoms with van der Waals surface area (Å²) in [4.78, 5) is 15.9. The Balaban J connectivity index is 1.80. The first-order valence-corrected chi connectivity index (χ1v) is 7.53. The van der Waals surface area contributed by atoms with E-state index in [-0.39, 0.29) is 0 Å². The topological polar surface area (TPSA) is 84.7 Å². The van der Waals surface area contributed by atoms with Gasteiger partial charge in [-0.05, 0) is 30.0 Å². The Morgan fingerprint density at radius 1 is 1.04 bits per heavy atom. The second-order valence-corrected chi connectivity index (χ2v) is 5.41. The van der Waals surface area contributed by atoms with Crippen LogP contribution in [0.3, 0.4) is 0 Å². The van der Waals surface area contributed by atoms with Gasteiger partial charge < -0.3 is 5.73 Å². The number of nitrogens with zero attached hydrogens (tertiary/aromatic N) is 2. The second-order valence-electron chi connectivity index (χ2n) is 5.41. The smallest absolute Gasteiger partial charge is 0.252 e. The van der Waals surface area contributed by atoms with E-state index < -0.39 is 5.91 Å². The van der Waals surface area contributed by atoms with Crippen molar-refractivity contribution in [1.82, 2.24) is 15.2 Å². The van der Waals surface area contributed by atoms with Gasteiger partial charge in [0, 0.05) is 18.8 Å². The highest BCUT2D eigenvalue weighted by molar-refractivity contribution is 5.95. The Hall–Kier alpha value is -2.95. The van der Waals surface area contributed by atoms with Crippen LogP contribution in [0.25, 0.3) is 0 Å². The zero-order chi connectivity index (χ0) is 16.1. The highest BCUT2D eigenvalue weighted by Gasteiger charge is 2.18. The number of aromatic nitrogens is 3. The number of rotatable bonds is 6. The summed E-state index contributed by atoms with van der Waals surface area (Å²) in [5.74, 6) is -0.444. The van der Waals surface area contributed by atoms with Gasteiger partial charge in [0.05, 0.1) is 17.0 Å². The van der Waals surface area contributed by atoms with Crippen molar-refractivity contribution in [1.29, 1.82) is 0 Å². The van der Waals surface area contributed by atoms with Crippen LogP contribution in [-0.2, 0) is 19.3 Å². The van der Waals surface area contributed by atoms with E-state index in [1.54, 1.807) is 12.4 Å². The predicted molar refractivity (Wildman–Crippen MR) is 88.0 cm³/mol. The van der Waals surface area contributed by atoms with Crippen LogP contribution in [0.5, 0.6) is 0 Å². The summed E-state index contributed by atoms with van der Waals surface area (Å²) in [6, 6.07) is 13.9. The Morgan fingerprint density at radius 2 is 1.83 bits per heavy atom. The molecule has 3 N–H and O–H groups in total. The second kappa shape index (κ2) is 6.87. The fourth-order valence-electron chi connectivity index (χ4n) is 2.63. The minimum Gasteiger partial charge on any atom is -0.365 e. The lowest BCUT2D eigenvalue weighted by Crippen LogP contribution is -2.15. The Bertz CT molecular complexity index is 781. The maximum Gasteiger partial charge on any atom is 0.252 e. The average Bonchev–Trinajstić information content (AvgIpc) is 2.98. The summed E-state index contributed by atoms with van der Waals surface area (Å²) in [6.07, 6.45) is 5.54. The molecule has 1 amide bonds. The third kappa shape index (κ3) is 3.63. The summed E-state index contributed by atoms with van der Waals surface area (Å²) in [5, 5.41) is 7.26. The molecule has 0 atom stereocenters. The standard InChI is InChI=1S/C18H18N4O/c19-18(23)17-15(9-8-13-5-2-1-3-6-13)21-22-16(17)11-14-7-4-10-20-12-14/h1-7,10,12H,8-9,11H2,(H2,19,23)(H,21,22). The molecular formula is C18H18N4O. The summed E-state index contributed by atoms with van der Waals surface area (Å²) in [5.41, 5.74) is 9.75. The summed E-state index contributed by atoms with van der Waals surface area (Å²) < 4.78 is 0. The highest BCUT2D eigenvalue weighted by atomic mass is 16.1. The number of pyridine rings is 1. The fourth-order valence-corrected chi connectivity index (χ4v) is 2.63. The van der Waals surface area contributed by atoms with Gasteiger partial charge in [-0.25, -0.2) is 0 Å². The Morgan fingerprint density at radius 3 is 2.52 bits per heavy atom. The van der Waals surface area contributed by atoms with Crippen LogP contribution in [0.4, 0.5) is 0 Å². The molecule has 0 bridgehead atoms. The number of H-pyrrole nitrogens is 1. The van der Waals surface area contributed by atoms with Crippen LogP contribution in [-0.4, -0.2) is 21.1 Å². The molecule has 1 aromatic carbocycles.